The van der Waals surface area contributed by atoms with Crippen molar-refractivity contribution in [1.82, 2.24) is 14.5 Å². The van der Waals surface area contributed by atoms with Gasteiger partial charge in [-0.2, -0.15) is 0 Å². The number of nitrogens with zero attached hydrogens (tertiary/aromatic N) is 4. The van der Waals surface area contributed by atoms with Gasteiger partial charge in [0.25, 0.3) is 11.2 Å². The summed E-state index contributed by atoms with van der Waals surface area (Å²) in [5.41, 5.74) is 0.661. The predicted octanol–water partition coefficient (Wildman–Crippen LogP) is 2.01. The lowest BCUT2D eigenvalue weighted by molar-refractivity contribution is -0.384. The smallest absolute Gasteiger partial charge is 0.270 e. The molecule has 0 aliphatic carbocycles. The highest BCUT2D eigenvalue weighted by molar-refractivity contribution is 5.82. The Morgan fingerprint density at radius 2 is 2.00 bits per heavy atom. The molecule has 0 amide bonds. The summed E-state index contributed by atoms with van der Waals surface area (Å²) in [6.45, 7) is 0.610. The van der Waals surface area contributed by atoms with E-state index in [4.69, 9.17) is 4.74 Å². The van der Waals surface area contributed by atoms with Crippen molar-refractivity contribution < 1.29 is 9.66 Å². The van der Waals surface area contributed by atoms with Gasteiger partial charge in [-0.3, -0.25) is 24.5 Å². The van der Waals surface area contributed by atoms with Crippen molar-refractivity contribution in [2.45, 2.75) is 6.54 Å². The van der Waals surface area contributed by atoms with Crippen LogP contribution in [0.2, 0.25) is 0 Å². The summed E-state index contributed by atoms with van der Waals surface area (Å²) < 4.78 is 6.52. The molecule has 0 unspecified atom stereocenters. The highest BCUT2D eigenvalue weighted by Gasteiger charge is 2.15. The Kier molecular flexibility index (Phi) is 4.30. The monoisotopic (exact) mass is 326 g/mol. The number of hydrogen-bond donors (Lipinski definition) is 0. The number of rotatable bonds is 5. The number of hydrogen-bond acceptors (Lipinski definition) is 6. The van der Waals surface area contributed by atoms with Crippen molar-refractivity contribution in [3.05, 3.63) is 63.2 Å². The van der Waals surface area contributed by atoms with Gasteiger partial charge in [0.1, 0.15) is 5.82 Å². The minimum absolute atomic E-state index is 0.142. The van der Waals surface area contributed by atoms with Crippen LogP contribution in [0, 0.1) is 10.1 Å². The molecule has 3 rings (SSSR count). The van der Waals surface area contributed by atoms with Crippen molar-refractivity contribution in [2.24, 2.45) is 0 Å². The van der Waals surface area contributed by atoms with E-state index in [9.17, 15) is 14.9 Å². The van der Waals surface area contributed by atoms with Gasteiger partial charge in [-0.15, -0.1) is 0 Å². The average molecular weight is 326 g/mol. The average Bonchev–Trinajstić information content (AvgIpc) is 2.61. The fourth-order valence-corrected chi connectivity index (χ4v) is 2.43. The van der Waals surface area contributed by atoms with E-state index in [1.54, 1.807) is 24.5 Å². The Hall–Kier alpha value is -3.13. The van der Waals surface area contributed by atoms with Crippen LogP contribution < -0.4 is 5.56 Å². The second-order valence-electron chi connectivity index (χ2n) is 5.08. The molecular formula is C16H14N4O4. The molecule has 8 heteroatoms. The molecule has 0 spiro atoms. The molecule has 24 heavy (non-hydrogen) atoms. The highest BCUT2D eigenvalue weighted by Crippen LogP contribution is 2.21. The van der Waals surface area contributed by atoms with E-state index in [2.05, 4.69) is 9.97 Å². The fraction of sp³-hybridized carbons (Fsp3) is 0.188. The van der Waals surface area contributed by atoms with E-state index in [1.165, 1.54) is 29.9 Å². The summed E-state index contributed by atoms with van der Waals surface area (Å²) in [5.74, 6) is 0.473. The van der Waals surface area contributed by atoms with Gasteiger partial charge in [0.15, 0.2) is 0 Å². The number of pyridine rings is 1. The Morgan fingerprint density at radius 3 is 2.67 bits per heavy atom. The summed E-state index contributed by atoms with van der Waals surface area (Å²) in [6.07, 6.45) is 3.23. The van der Waals surface area contributed by atoms with Crippen LogP contribution in [0.5, 0.6) is 0 Å². The number of ether oxygens (including phenoxy) is 1. The van der Waals surface area contributed by atoms with Crippen LogP contribution >= 0.6 is 0 Å². The largest absolute Gasteiger partial charge is 0.383 e. The Bertz CT molecular complexity index is 953. The first-order valence-electron chi connectivity index (χ1n) is 7.20. The molecule has 8 nitrogen and oxygen atoms in total. The maximum atomic E-state index is 12.8. The van der Waals surface area contributed by atoms with Crippen molar-refractivity contribution >= 4 is 16.6 Å². The number of non-ortho nitro benzene ring substituents is 1. The third-order valence-corrected chi connectivity index (χ3v) is 3.61. The van der Waals surface area contributed by atoms with Crippen molar-refractivity contribution in [3.8, 4) is 11.4 Å². The lowest BCUT2D eigenvalue weighted by Gasteiger charge is -2.13. The Morgan fingerprint density at radius 1 is 1.25 bits per heavy atom. The van der Waals surface area contributed by atoms with E-state index < -0.39 is 4.92 Å². The first-order valence-corrected chi connectivity index (χ1v) is 7.20. The summed E-state index contributed by atoms with van der Waals surface area (Å²) in [5, 5.41) is 11.2. The van der Waals surface area contributed by atoms with E-state index >= 15 is 0 Å². The van der Waals surface area contributed by atoms with Crippen LogP contribution in [0.1, 0.15) is 0 Å². The predicted molar refractivity (Wildman–Crippen MR) is 87.8 cm³/mol. The van der Waals surface area contributed by atoms with Crippen LogP contribution in [-0.2, 0) is 11.3 Å². The Labute approximate surface area is 136 Å². The molecule has 3 aromatic rings. The minimum Gasteiger partial charge on any atom is -0.383 e. The second-order valence-corrected chi connectivity index (χ2v) is 5.08. The maximum Gasteiger partial charge on any atom is 0.270 e. The van der Waals surface area contributed by atoms with Crippen LogP contribution in [0.3, 0.4) is 0 Å². The van der Waals surface area contributed by atoms with Gasteiger partial charge in [-0.05, 0) is 18.2 Å². The molecule has 0 radical (unpaired) electrons. The lowest BCUT2D eigenvalue weighted by atomic mass is 10.2. The molecule has 0 atom stereocenters. The van der Waals surface area contributed by atoms with Gasteiger partial charge in [-0.25, -0.2) is 4.98 Å². The summed E-state index contributed by atoms with van der Waals surface area (Å²) >= 11 is 0. The van der Waals surface area contributed by atoms with Crippen molar-refractivity contribution in [2.75, 3.05) is 13.7 Å². The number of fused-ring (bicyclic) bond motifs is 1. The van der Waals surface area contributed by atoms with Crippen LogP contribution in [0.15, 0.2) is 47.5 Å². The van der Waals surface area contributed by atoms with Gasteiger partial charge in [-0.1, -0.05) is 0 Å². The molecule has 1 aromatic carbocycles. The third-order valence-electron chi connectivity index (χ3n) is 3.61. The summed E-state index contributed by atoms with van der Waals surface area (Å²) in [4.78, 5) is 31.7. The molecule has 0 bridgehead atoms. The van der Waals surface area contributed by atoms with Gasteiger partial charge >= 0.3 is 0 Å². The lowest BCUT2D eigenvalue weighted by Crippen LogP contribution is -2.25. The zero-order valence-corrected chi connectivity index (χ0v) is 12.9. The first-order chi connectivity index (χ1) is 11.6. The molecule has 0 aliphatic rings. The number of methoxy groups -OCH3 is 1. The highest BCUT2D eigenvalue weighted by atomic mass is 16.6. The fourth-order valence-electron chi connectivity index (χ4n) is 2.43. The molecular weight excluding hydrogens is 312 g/mol. The molecule has 0 saturated carbocycles. The maximum absolute atomic E-state index is 12.8. The molecule has 0 aliphatic heterocycles. The van der Waals surface area contributed by atoms with Gasteiger partial charge < -0.3 is 4.74 Å². The summed E-state index contributed by atoms with van der Waals surface area (Å²) in [6, 6.07) is 7.58. The van der Waals surface area contributed by atoms with Gasteiger partial charge in [0, 0.05) is 37.2 Å². The molecule has 0 saturated heterocycles. The molecule has 0 fully saturated rings. The van der Waals surface area contributed by atoms with E-state index in [0.29, 0.717) is 24.5 Å². The molecule has 122 valence electrons. The van der Waals surface area contributed by atoms with E-state index in [-0.39, 0.29) is 16.6 Å². The van der Waals surface area contributed by atoms with Crippen LogP contribution in [-0.4, -0.2) is 33.2 Å². The zero-order valence-electron chi connectivity index (χ0n) is 12.9. The number of aromatic nitrogens is 3. The standard InChI is InChI=1S/C16H14N4O4/c1-24-9-8-19-15(11-4-6-17-7-5-11)18-14-3-2-12(20(22)23)10-13(14)16(19)21/h2-7,10H,8-9H2,1H3. The topological polar surface area (TPSA) is 100 Å². The van der Waals surface area contributed by atoms with Gasteiger partial charge in [0.05, 0.1) is 29.0 Å². The van der Waals surface area contributed by atoms with Crippen molar-refractivity contribution in [3.63, 3.8) is 0 Å². The van der Waals surface area contributed by atoms with Crippen LogP contribution in [0.4, 0.5) is 5.69 Å². The molecule has 0 N–H and O–H groups in total. The SMILES string of the molecule is COCCn1c(-c2ccncc2)nc2ccc([N+](=O)[O-])cc2c1=O. The van der Waals surface area contributed by atoms with E-state index in [1.807, 2.05) is 0 Å². The normalized spacial score (nSPS) is 10.9. The van der Waals surface area contributed by atoms with Crippen molar-refractivity contribution in [1.29, 1.82) is 0 Å². The van der Waals surface area contributed by atoms with Crippen LogP contribution in [0.25, 0.3) is 22.3 Å². The second kappa shape index (κ2) is 6.55. The minimum atomic E-state index is -0.533. The first kappa shape index (κ1) is 15.8. The van der Waals surface area contributed by atoms with E-state index in [0.717, 1.165) is 5.56 Å². The number of nitro groups is 1. The quantitative estimate of drug-likeness (QED) is 0.525. The summed E-state index contributed by atoms with van der Waals surface area (Å²) in [7, 11) is 1.54. The molecule has 2 heterocycles. The number of nitro benzene ring substituents is 1. The zero-order chi connectivity index (χ0) is 17.1. The third kappa shape index (κ3) is 2.86. The number of benzene rings is 1. The Balaban J connectivity index is 2.29. The molecule has 2 aromatic heterocycles. The van der Waals surface area contributed by atoms with Gasteiger partial charge in [0.2, 0.25) is 0 Å².